The molecule has 1 aromatic carbocycles. The lowest BCUT2D eigenvalue weighted by Crippen LogP contribution is -2.21. The number of hydrogen-bond acceptors (Lipinski definition) is 5. The molecule has 0 amide bonds. The van der Waals surface area contributed by atoms with E-state index in [-0.39, 0.29) is 33.1 Å². The van der Waals surface area contributed by atoms with Gasteiger partial charge in [0.25, 0.3) is 0 Å². The van der Waals surface area contributed by atoms with Crippen LogP contribution in [-0.4, -0.2) is 45.1 Å². The lowest BCUT2D eigenvalue weighted by molar-refractivity contribution is 0.0693. The average Bonchev–Trinajstić information content (AvgIpc) is 2.89. The molecule has 1 aliphatic rings. The van der Waals surface area contributed by atoms with Crippen LogP contribution in [0.15, 0.2) is 17.0 Å². The van der Waals surface area contributed by atoms with Crippen LogP contribution in [0, 0.1) is 0 Å². The Hall–Kier alpha value is -1.31. The summed E-state index contributed by atoms with van der Waals surface area (Å²) in [4.78, 5) is 11.0. The number of hydrogen-bond donors (Lipinski definition) is 1. The van der Waals surface area contributed by atoms with Crippen molar-refractivity contribution in [2.45, 2.75) is 23.8 Å². The number of ether oxygens (including phenoxy) is 2. The average molecular weight is 335 g/mol. The van der Waals surface area contributed by atoms with E-state index < -0.39 is 15.8 Å². The van der Waals surface area contributed by atoms with Gasteiger partial charge in [0, 0.05) is 11.6 Å². The third kappa shape index (κ3) is 3.48. The van der Waals surface area contributed by atoms with Crippen LogP contribution in [0.3, 0.4) is 0 Å². The van der Waals surface area contributed by atoms with Gasteiger partial charge in [-0.15, -0.1) is 0 Å². The molecule has 1 heterocycles. The SMILES string of the molecule is COc1c(C(=O)O)cc(Cl)cc1S(=O)(=O)CC1CCCO1. The zero-order valence-electron chi connectivity index (χ0n) is 11.3. The molecule has 1 unspecified atom stereocenters. The summed E-state index contributed by atoms with van der Waals surface area (Å²) in [5.41, 5.74) is -0.282. The van der Waals surface area contributed by atoms with E-state index in [1.54, 1.807) is 0 Å². The van der Waals surface area contributed by atoms with Crippen molar-refractivity contribution in [1.82, 2.24) is 0 Å². The minimum atomic E-state index is -3.76. The van der Waals surface area contributed by atoms with Crippen LogP contribution in [0.2, 0.25) is 5.02 Å². The fraction of sp³-hybridized carbons (Fsp3) is 0.462. The van der Waals surface area contributed by atoms with Gasteiger partial charge in [0.15, 0.2) is 15.6 Å². The first-order valence-corrected chi connectivity index (χ1v) is 8.33. The van der Waals surface area contributed by atoms with E-state index in [2.05, 4.69) is 0 Å². The number of carboxylic acids is 1. The maximum Gasteiger partial charge on any atom is 0.339 e. The van der Waals surface area contributed by atoms with Gasteiger partial charge in [-0.25, -0.2) is 13.2 Å². The van der Waals surface area contributed by atoms with Crippen molar-refractivity contribution in [1.29, 1.82) is 0 Å². The van der Waals surface area contributed by atoms with Crippen molar-refractivity contribution in [3.8, 4) is 5.75 Å². The van der Waals surface area contributed by atoms with E-state index in [1.807, 2.05) is 0 Å². The van der Waals surface area contributed by atoms with Crippen molar-refractivity contribution >= 4 is 27.4 Å². The fourth-order valence-electron chi connectivity index (χ4n) is 2.28. The number of halogens is 1. The first-order valence-electron chi connectivity index (χ1n) is 6.30. The highest BCUT2D eigenvalue weighted by molar-refractivity contribution is 7.91. The smallest absolute Gasteiger partial charge is 0.339 e. The van der Waals surface area contributed by atoms with Gasteiger partial charge in [0.1, 0.15) is 10.5 Å². The maximum absolute atomic E-state index is 12.5. The zero-order chi connectivity index (χ0) is 15.6. The number of carbonyl (C=O) groups is 1. The lowest BCUT2D eigenvalue weighted by atomic mass is 10.2. The quantitative estimate of drug-likeness (QED) is 0.885. The molecule has 1 aromatic rings. The summed E-state index contributed by atoms with van der Waals surface area (Å²) in [7, 11) is -2.54. The van der Waals surface area contributed by atoms with E-state index in [0.717, 1.165) is 12.5 Å². The summed E-state index contributed by atoms with van der Waals surface area (Å²) < 4.78 is 35.3. The predicted octanol–water partition coefficient (Wildman–Crippen LogP) is 2.00. The van der Waals surface area contributed by atoms with Crippen LogP contribution in [-0.2, 0) is 14.6 Å². The fourth-order valence-corrected chi connectivity index (χ4v) is 4.28. The second-order valence-corrected chi connectivity index (χ2v) is 7.15. The van der Waals surface area contributed by atoms with Gasteiger partial charge in [0.2, 0.25) is 0 Å². The van der Waals surface area contributed by atoms with Crippen molar-refractivity contribution in [3.63, 3.8) is 0 Å². The Labute approximate surface area is 127 Å². The number of aromatic carboxylic acids is 1. The van der Waals surface area contributed by atoms with Gasteiger partial charge in [-0.1, -0.05) is 11.6 Å². The highest BCUT2D eigenvalue weighted by Gasteiger charge is 2.30. The molecule has 21 heavy (non-hydrogen) atoms. The molecule has 0 radical (unpaired) electrons. The van der Waals surface area contributed by atoms with Gasteiger partial charge < -0.3 is 14.6 Å². The minimum absolute atomic E-state index is 0.0270. The zero-order valence-corrected chi connectivity index (χ0v) is 12.9. The third-order valence-corrected chi connectivity index (χ3v) is 5.22. The normalized spacial score (nSPS) is 18.7. The summed E-state index contributed by atoms with van der Waals surface area (Å²) in [6, 6.07) is 2.37. The van der Waals surface area contributed by atoms with Crippen molar-refractivity contribution in [3.05, 3.63) is 22.7 Å². The van der Waals surface area contributed by atoms with Gasteiger partial charge in [-0.05, 0) is 25.0 Å². The molecule has 0 bridgehead atoms. The molecule has 0 aromatic heterocycles. The summed E-state index contributed by atoms with van der Waals surface area (Å²) in [6.45, 7) is 0.535. The molecular formula is C13H15ClO6S. The predicted molar refractivity (Wildman–Crippen MR) is 76.0 cm³/mol. The van der Waals surface area contributed by atoms with Gasteiger partial charge in [0.05, 0.1) is 19.0 Å². The molecule has 0 aliphatic carbocycles. The molecule has 0 saturated carbocycles. The molecule has 1 aliphatic heterocycles. The number of sulfone groups is 1. The van der Waals surface area contributed by atoms with Crippen LogP contribution in [0.1, 0.15) is 23.2 Å². The topological polar surface area (TPSA) is 89.9 Å². The third-order valence-electron chi connectivity index (χ3n) is 3.22. The molecule has 1 atom stereocenters. The minimum Gasteiger partial charge on any atom is -0.494 e. The standard InChI is InChI=1S/C13H15ClO6S/c1-19-12-10(13(15)16)5-8(14)6-11(12)21(17,18)7-9-3-2-4-20-9/h5-6,9H,2-4,7H2,1H3,(H,15,16). The van der Waals surface area contributed by atoms with Gasteiger partial charge in [-0.3, -0.25) is 0 Å². The molecule has 1 saturated heterocycles. The van der Waals surface area contributed by atoms with Crippen LogP contribution >= 0.6 is 11.6 Å². The summed E-state index contributed by atoms with van der Waals surface area (Å²) in [6.07, 6.45) is 1.09. The molecule has 0 spiro atoms. The molecule has 2 rings (SSSR count). The number of benzene rings is 1. The Kier molecular flexibility index (Phi) is 4.75. The molecule has 6 nitrogen and oxygen atoms in total. The van der Waals surface area contributed by atoms with Crippen LogP contribution in [0.5, 0.6) is 5.75 Å². The number of methoxy groups -OCH3 is 1. The summed E-state index contributed by atoms with van der Waals surface area (Å²) in [5, 5.41) is 9.16. The first-order chi connectivity index (χ1) is 9.85. The van der Waals surface area contributed by atoms with Gasteiger partial charge >= 0.3 is 5.97 Å². The Morgan fingerprint density at radius 1 is 1.52 bits per heavy atom. The van der Waals surface area contributed by atoms with Crippen molar-refractivity contribution in [2.24, 2.45) is 0 Å². The molecule has 8 heteroatoms. The largest absolute Gasteiger partial charge is 0.494 e. The Morgan fingerprint density at radius 3 is 2.76 bits per heavy atom. The molecule has 1 fully saturated rings. The second-order valence-electron chi connectivity index (χ2n) is 4.71. The van der Waals surface area contributed by atoms with Gasteiger partial charge in [-0.2, -0.15) is 0 Å². The maximum atomic E-state index is 12.5. The van der Waals surface area contributed by atoms with E-state index >= 15 is 0 Å². The van der Waals surface area contributed by atoms with Crippen LogP contribution in [0.25, 0.3) is 0 Å². The van der Waals surface area contributed by atoms with Crippen molar-refractivity contribution in [2.75, 3.05) is 19.5 Å². The second kappa shape index (κ2) is 6.21. The molecule has 116 valence electrons. The number of carboxylic acid groups (broad SMARTS) is 1. The monoisotopic (exact) mass is 334 g/mol. The Bertz CT molecular complexity index is 649. The van der Waals surface area contributed by atoms with Crippen molar-refractivity contribution < 1.29 is 27.8 Å². The highest BCUT2D eigenvalue weighted by Crippen LogP contribution is 2.33. The molecular weight excluding hydrogens is 320 g/mol. The number of rotatable bonds is 5. The van der Waals surface area contributed by atoms with Crippen LogP contribution in [0.4, 0.5) is 0 Å². The van der Waals surface area contributed by atoms with E-state index in [4.69, 9.17) is 26.2 Å². The Balaban J connectivity index is 2.48. The van der Waals surface area contributed by atoms with E-state index in [1.165, 1.54) is 13.2 Å². The highest BCUT2D eigenvalue weighted by atomic mass is 35.5. The van der Waals surface area contributed by atoms with E-state index in [0.29, 0.717) is 13.0 Å². The lowest BCUT2D eigenvalue weighted by Gasteiger charge is -2.15. The Morgan fingerprint density at radius 2 is 2.24 bits per heavy atom. The molecule has 1 N–H and O–H groups in total. The van der Waals surface area contributed by atoms with Crippen LogP contribution < -0.4 is 4.74 Å². The summed E-state index contributed by atoms with van der Waals surface area (Å²) >= 11 is 5.83. The summed E-state index contributed by atoms with van der Waals surface area (Å²) in [5.74, 6) is -1.73. The van der Waals surface area contributed by atoms with E-state index in [9.17, 15) is 13.2 Å². The first kappa shape index (κ1) is 16.1.